The molecule has 0 bridgehead atoms. The molecule has 0 aromatic carbocycles. The van der Waals surface area contributed by atoms with Crippen molar-refractivity contribution in [2.24, 2.45) is 5.92 Å². The minimum atomic E-state index is -0.316. The molecule has 6 heteroatoms. The van der Waals surface area contributed by atoms with Gasteiger partial charge in [-0.1, -0.05) is 19.0 Å². The second-order valence-corrected chi connectivity index (χ2v) is 4.46. The quantitative estimate of drug-likeness (QED) is 0.747. The summed E-state index contributed by atoms with van der Waals surface area (Å²) in [5.74, 6) is 0.592. The Hall–Kier alpha value is -1.56. The highest BCUT2D eigenvalue weighted by molar-refractivity contribution is 5.90. The van der Waals surface area contributed by atoms with Gasteiger partial charge in [-0.15, -0.1) is 0 Å². The lowest BCUT2D eigenvalue weighted by atomic mass is 10.1. The molecule has 6 nitrogen and oxygen atoms in total. The summed E-state index contributed by atoms with van der Waals surface area (Å²) in [5, 5.41) is 18.4. The Morgan fingerprint density at radius 3 is 2.72 bits per heavy atom. The van der Waals surface area contributed by atoms with E-state index in [1.54, 1.807) is 6.92 Å². The van der Waals surface area contributed by atoms with Crippen LogP contribution >= 0.6 is 0 Å². The molecule has 0 spiro atoms. The molecule has 0 saturated heterocycles. The van der Waals surface area contributed by atoms with Gasteiger partial charge in [-0.25, -0.2) is 4.79 Å². The molecule has 0 aliphatic heterocycles. The fourth-order valence-electron chi connectivity index (χ4n) is 1.48. The molecule has 1 heterocycles. The van der Waals surface area contributed by atoms with Gasteiger partial charge >= 0.3 is 6.03 Å². The molecule has 0 aliphatic rings. The zero-order valence-corrected chi connectivity index (χ0v) is 11.3. The molecule has 2 unspecified atom stereocenters. The van der Waals surface area contributed by atoms with Crippen molar-refractivity contribution in [2.45, 2.75) is 40.2 Å². The lowest BCUT2D eigenvalue weighted by Crippen LogP contribution is -2.41. The fraction of sp³-hybridized carbons (Fsp3) is 0.667. The van der Waals surface area contributed by atoms with Gasteiger partial charge in [0.2, 0.25) is 0 Å². The molecule has 0 saturated carbocycles. The maximum absolute atomic E-state index is 11.8. The average molecular weight is 255 g/mol. The van der Waals surface area contributed by atoms with E-state index in [-0.39, 0.29) is 24.6 Å². The SMILES string of the molecule is CCc1noc(C)c1NC(=O)NC(C)C(C)CO. The number of rotatable bonds is 5. The van der Waals surface area contributed by atoms with Gasteiger partial charge in [-0.3, -0.25) is 0 Å². The zero-order chi connectivity index (χ0) is 13.7. The number of aliphatic hydroxyl groups excluding tert-OH is 1. The first-order chi connectivity index (χ1) is 8.49. The molecule has 1 aromatic heterocycles. The first-order valence-corrected chi connectivity index (χ1v) is 6.13. The van der Waals surface area contributed by atoms with Crippen LogP contribution in [0.15, 0.2) is 4.52 Å². The maximum Gasteiger partial charge on any atom is 0.319 e. The number of anilines is 1. The number of aliphatic hydroxyl groups is 1. The van der Waals surface area contributed by atoms with Crippen molar-refractivity contribution in [1.82, 2.24) is 10.5 Å². The van der Waals surface area contributed by atoms with Crippen LogP contribution in [0.3, 0.4) is 0 Å². The minimum Gasteiger partial charge on any atom is -0.396 e. The fourth-order valence-corrected chi connectivity index (χ4v) is 1.48. The first-order valence-electron chi connectivity index (χ1n) is 6.13. The van der Waals surface area contributed by atoms with E-state index in [4.69, 9.17) is 9.63 Å². The summed E-state index contributed by atoms with van der Waals surface area (Å²) in [5.41, 5.74) is 1.35. The van der Waals surface area contributed by atoms with Crippen LogP contribution in [0.5, 0.6) is 0 Å². The summed E-state index contributed by atoms with van der Waals surface area (Å²) >= 11 is 0. The first kappa shape index (κ1) is 14.5. The summed E-state index contributed by atoms with van der Waals surface area (Å²) in [7, 11) is 0. The van der Waals surface area contributed by atoms with Gasteiger partial charge in [0.05, 0.1) is 0 Å². The molecular weight excluding hydrogens is 234 g/mol. The van der Waals surface area contributed by atoms with Crippen LogP contribution in [0.4, 0.5) is 10.5 Å². The third-order valence-electron chi connectivity index (χ3n) is 3.01. The standard InChI is InChI=1S/C12H21N3O3/c1-5-10-11(9(4)18-15-10)14-12(17)13-8(3)7(2)6-16/h7-8,16H,5-6H2,1-4H3,(H2,13,14,17). The van der Waals surface area contributed by atoms with Crippen molar-refractivity contribution in [2.75, 3.05) is 11.9 Å². The van der Waals surface area contributed by atoms with Crippen molar-refractivity contribution in [1.29, 1.82) is 0 Å². The molecular formula is C12H21N3O3. The number of nitrogens with one attached hydrogen (secondary N) is 2. The molecule has 0 aliphatic carbocycles. The molecule has 2 amide bonds. The van der Waals surface area contributed by atoms with E-state index in [9.17, 15) is 4.79 Å². The third-order valence-corrected chi connectivity index (χ3v) is 3.01. The number of aromatic nitrogens is 1. The van der Waals surface area contributed by atoms with Crippen molar-refractivity contribution in [3.63, 3.8) is 0 Å². The van der Waals surface area contributed by atoms with Crippen molar-refractivity contribution in [3.8, 4) is 0 Å². The van der Waals surface area contributed by atoms with E-state index in [1.807, 2.05) is 20.8 Å². The second-order valence-electron chi connectivity index (χ2n) is 4.46. The monoisotopic (exact) mass is 255 g/mol. The van der Waals surface area contributed by atoms with Gasteiger partial charge in [0.15, 0.2) is 5.76 Å². The Balaban J connectivity index is 2.62. The van der Waals surface area contributed by atoms with Gasteiger partial charge in [-0.2, -0.15) is 0 Å². The summed E-state index contributed by atoms with van der Waals surface area (Å²) in [4.78, 5) is 11.8. The Morgan fingerprint density at radius 2 is 2.17 bits per heavy atom. The van der Waals surface area contributed by atoms with Crippen LogP contribution in [-0.2, 0) is 6.42 Å². The summed E-state index contributed by atoms with van der Waals surface area (Å²) in [6.45, 7) is 7.45. The smallest absolute Gasteiger partial charge is 0.319 e. The second kappa shape index (κ2) is 6.39. The molecule has 2 atom stereocenters. The van der Waals surface area contributed by atoms with Crippen LogP contribution in [0.25, 0.3) is 0 Å². The summed E-state index contributed by atoms with van der Waals surface area (Å²) in [6.07, 6.45) is 0.690. The zero-order valence-electron chi connectivity index (χ0n) is 11.3. The van der Waals surface area contributed by atoms with Gasteiger partial charge in [0, 0.05) is 12.6 Å². The molecule has 1 aromatic rings. The topological polar surface area (TPSA) is 87.4 Å². The van der Waals surface area contributed by atoms with Gasteiger partial charge in [0.1, 0.15) is 11.4 Å². The number of amides is 2. The van der Waals surface area contributed by atoms with Crippen LogP contribution in [0.2, 0.25) is 0 Å². The minimum absolute atomic E-state index is 0.00460. The highest BCUT2D eigenvalue weighted by atomic mass is 16.5. The summed E-state index contributed by atoms with van der Waals surface area (Å²) < 4.78 is 5.03. The highest BCUT2D eigenvalue weighted by Crippen LogP contribution is 2.20. The lowest BCUT2D eigenvalue weighted by Gasteiger charge is -2.19. The van der Waals surface area contributed by atoms with Gasteiger partial charge in [0.25, 0.3) is 0 Å². The average Bonchev–Trinajstić information content (AvgIpc) is 2.69. The summed E-state index contributed by atoms with van der Waals surface area (Å²) in [6, 6.07) is -0.427. The predicted octanol–water partition coefficient (Wildman–Crippen LogP) is 1.68. The van der Waals surface area contributed by atoms with Crippen molar-refractivity contribution >= 4 is 11.7 Å². The van der Waals surface area contributed by atoms with E-state index in [1.165, 1.54) is 0 Å². The van der Waals surface area contributed by atoms with Crippen LogP contribution < -0.4 is 10.6 Å². The van der Waals surface area contributed by atoms with E-state index < -0.39 is 0 Å². The van der Waals surface area contributed by atoms with E-state index in [2.05, 4.69) is 15.8 Å². The highest BCUT2D eigenvalue weighted by Gasteiger charge is 2.17. The molecule has 1 rings (SSSR count). The van der Waals surface area contributed by atoms with E-state index in [0.29, 0.717) is 17.9 Å². The normalized spacial score (nSPS) is 14.1. The number of nitrogens with zero attached hydrogens (tertiary/aromatic N) is 1. The largest absolute Gasteiger partial charge is 0.396 e. The number of hydrogen-bond donors (Lipinski definition) is 3. The van der Waals surface area contributed by atoms with E-state index >= 15 is 0 Å². The number of carbonyl (C=O) groups is 1. The van der Waals surface area contributed by atoms with Crippen LogP contribution in [0.1, 0.15) is 32.2 Å². The number of carbonyl (C=O) groups excluding carboxylic acids is 1. The van der Waals surface area contributed by atoms with E-state index in [0.717, 1.165) is 5.69 Å². The molecule has 18 heavy (non-hydrogen) atoms. The van der Waals surface area contributed by atoms with Crippen LogP contribution in [0, 0.1) is 12.8 Å². The molecule has 3 N–H and O–H groups in total. The van der Waals surface area contributed by atoms with Crippen molar-refractivity contribution < 1.29 is 14.4 Å². The van der Waals surface area contributed by atoms with Crippen molar-refractivity contribution in [3.05, 3.63) is 11.5 Å². The Kier molecular flexibility index (Phi) is 5.15. The Morgan fingerprint density at radius 1 is 1.50 bits per heavy atom. The lowest BCUT2D eigenvalue weighted by molar-refractivity contribution is 0.204. The van der Waals surface area contributed by atoms with Gasteiger partial charge < -0.3 is 20.3 Å². The number of aryl methyl sites for hydroxylation is 2. The predicted molar refractivity (Wildman–Crippen MR) is 68.5 cm³/mol. The van der Waals surface area contributed by atoms with Crippen LogP contribution in [-0.4, -0.2) is 28.9 Å². The Bertz CT molecular complexity index is 403. The van der Waals surface area contributed by atoms with Gasteiger partial charge in [-0.05, 0) is 26.2 Å². The molecule has 0 radical (unpaired) electrons. The Labute approximate surface area is 107 Å². The number of hydrogen-bond acceptors (Lipinski definition) is 4. The molecule has 0 fully saturated rings. The number of urea groups is 1. The maximum atomic E-state index is 11.8. The molecule has 102 valence electrons. The third kappa shape index (κ3) is 3.46.